The van der Waals surface area contributed by atoms with E-state index in [0.717, 1.165) is 36.3 Å². The van der Waals surface area contributed by atoms with E-state index < -0.39 is 0 Å². The van der Waals surface area contributed by atoms with Gasteiger partial charge in [-0.2, -0.15) is 0 Å². The number of ether oxygens (including phenoxy) is 1. The predicted octanol–water partition coefficient (Wildman–Crippen LogP) is 3.04. The second kappa shape index (κ2) is 5.74. The van der Waals surface area contributed by atoms with Crippen LogP contribution in [-0.4, -0.2) is 25.8 Å². The van der Waals surface area contributed by atoms with Gasteiger partial charge in [-0.05, 0) is 53.9 Å². The van der Waals surface area contributed by atoms with E-state index >= 15 is 0 Å². The summed E-state index contributed by atoms with van der Waals surface area (Å²) in [7, 11) is 0. The molecule has 0 spiro atoms. The van der Waals surface area contributed by atoms with Crippen molar-refractivity contribution in [2.24, 2.45) is 0 Å². The van der Waals surface area contributed by atoms with E-state index in [9.17, 15) is 0 Å². The van der Waals surface area contributed by atoms with E-state index in [4.69, 9.17) is 10.5 Å². The van der Waals surface area contributed by atoms with Crippen LogP contribution in [0.5, 0.6) is 0 Å². The highest BCUT2D eigenvalue weighted by molar-refractivity contribution is 9.10. The summed E-state index contributed by atoms with van der Waals surface area (Å²) in [6, 6.07) is 5.98. The van der Waals surface area contributed by atoms with Crippen molar-refractivity contribution >= 4 is 27.3 Å². The average molecular weight is 299 g/mol. The fraction of sp³-hybridized carbons (Fsp3) is 0.538. The van der Waals surface area contributed by atoms with Gasteiger partial charge in [0.2, 0.25) is 0 Å². The van der Waals surface area contributed by atoms with Crippen LogP contribution in [0.1, 0.15) is 19.8 Å². The monoisotopic (exact) mass is 298 g/mol. The Labute approximate surface area is 111 Å². The number of hydrogen-bond donors (Lipinski definition) is 1. The molecule has 0 aromatic heterocycles. The van der Waals surface area contributed by atoms with Gasteiger partial charge < -0.3 is 15.4 Å². The minimum atomic E-state index is 0.359. The van der Waals surface area contributed by atoms with E-state index in [1.54, 1.807) is 0 Å². The summed E-state index contributed by atoms with van der Waals surface area (Å²) < 4.78 is 6.78. The van der Waals surface area contributed by atoms with Gasteiger partial charge in [0.1, 0.15) is 0 Å². The van der Waals surface area contributed by atoms with Gasteiger partial charge in [0.15, 0.2) is 0 Å². The second-order valence-electron chi connectivity index (χ2n) is 4.38. The smallest absolute Gasteiger partial charge is 0.0750 e. The molecule has 1 aromatic rings. The second-order valence-corrected chi connectivity index (χ2v) is 5.23. The largest absolute Gasteiger partial charge is 0.399 e. The Morgan fingerprint density at radius 3 is 3.06 bits per heavy atom. The van der Waals surface area contributed by atoms with Gasteiger partial charge >= 0.3 is 0 Å². The third kappa shape index (κ3) is 3.13. The molecular weight excluding hydrogens is 280 g/mol. The molecule has 0 bridgehead atoms. The number of rotatable bonds is 3. The van der Waals surface area contributed by atoms with Gasteiger partial charge in [-0.15, -0.1) is 0 Å². The molecule has 0 saturated carbocycles. The summed E-state index contributed by atoms with van der Waals surface area (Å²) in [5.41, 5.74) is 7.76. The molecule has 94 valence electrons. The lowest BCUT2D eigenvalue weighted by Gasteiger charge is -2.34. The predicted molar refractivity (Wildman–Crippen MR) is 75.4 cm³/mol. The molecule has 0 aliphatic carbocycles. The molecule has 0 amide bonds. The van der Waals surface area contributed by atoms with Gasteiger partial charge in [-0.25, -0.2) is 0 Å². The molecule has 3 nitrogen and oxygen atoms in total. The topological polar surface area (TPSA) is 38.5 Å². The van der Waals surface area contributed by atoms with E-state index in [0.29, 0.717) is 6.10 Å². The van der Waals surface area contributed by atoms with Crippen molar-refractivity contribution in [1.82, 2.24) is 0 Å². The molecule has 17 heavy (non-hydrogen) atoms. The van der Waals surface area contributed by atoms with Crippen molar-refractivity contribution < 1.29 is 4.74 Å². The van der Waals surface area contributed by atoms with Crippen molar-refractivity contribution in [3.05, 3.63) is 22.7 Å². The molecule has 0 radical (unpaired) electrons. The van der Waals surface area contributed by atoms with Gasteiger partial charge in [0.05, 0.1) is 11.8 Å². The molecule has 1 aromatic carbocycles. The molecule has 2 N–H and O–H groups in total. The van der Waals surface area contributed by atoms with Crippen molar-refractivity contribution in [3.63, 3.8) is 0 Å². The van der Waals surface area contributed by atoms with E-state index in [-0.39, 0.29) is 0 Å². The Bertz CT molecular complexity index is 382. The van der Waals surface area contributed by atoms with Crippen LogP contribution in [-0.2, 0) is 4.74 Å². The number of hydrogen-bond acceptors (Lipinski definition) is 3. The molecule has 1 heterocycles. The number of nitrogen functional groups attached to an aromatic ring is 1. The Kier molecular flexibility index (Phi) is 4.29. The molecule has 1 aliphatic heterocycles. The molecule has 1 saturated heterocycles. The number of nitrogens with zero attached hydrogens (tertiary/aromatic N) is 1. The summed E-state index contributed by atoms with van der Waals surface area (Å²) in [6.45, 7) is 4.90. The SMILES string of the molecule is CCOC1CCCN(c2ccc(N)cc2Br)C1. The lowest BCUT2D eigenvalue weighted by Crippen LogP contribution is -2.39. The van der Waals surface area contributed by atoms with Crippen LogP contribution in [0, 0.1) is 0 Å². The fourth-order valence-electron chi connectivity index (χ4n) is 2.31. The van der Waals surface area contributed by atoms with Crippen molar-refractivity contribution in [2.45, 2.75) is 25.9 Å². The summed E-state index contributed by atoms with van der Waals surface area (Å²) in [5, 5.41) is 0. The van der Waals surface area contributed by atoms with E-state index in [1.165, 1.54) is 12.1 Å². The van der Waals surface area contributed by atoms with Crippen LogP contribution in [0.2, 0.25) is 0 Å². The van der Waals surface area contributed by atoms with Crippen LogP contribution < -0.4 is 10.6 Å². The van der Waals surface area contributed by atoms with Crippen LogP contribution >= 0.6 is 15.9 Å². The van der Waals surface area contributed by atoms with Gasteiger partial charge in [-0.1, -0.05) is 0 Å². The molecule has 2 rings (SSSR count). The Balaban J connectivity index is 2.10. The number of halogens is 1. The first-order valence-corrected chi connectivity index (χ1v) is 6.91. The van der Waals surface area contributed by atoms with Crippen LogP contribution in [0.4, 0.5) is 11.4 Å². The first-order chi connectivity index (χ1) is 8.20. The van der Waals surface area contributed by atoms with Crippen molar-refractivity contribution in [3.8, 4) is 0 Å². The lowest BCUT2D eigenvalue weighted by molar-refractivity contribution is 0.0526. The number of piperidine rings is 1. The van der Waals surface area contributed by atoms with Crippen LogP contribution in [0.25, 0.3) is 0 Å². The quantitative estimate of drug-likeness (QED) is 0.872. The maximum absolute atomic E-state index is 5.76. The van der Waals surface area contributed by atoms with E-state index in [1.807, 2.05) is 12.1 Å². The Morgan fingerprint density at radius 2 is 2.35 bits per heavy atom. The molecule has 1 aliphatic rings. The first kappa shape index (κ1) is 12.7. The zero-order valence-electron chi connectivity index (χ0n) is 10.2. The Morgan fingerprint density at radius 1 is 1.53 bits per heavy atom. The summed E-state index contributed by atoms with van der Waals surface area (Å²) >= 11 is 3.58. The number of anilines is 2. The molecule has 4 heteroatoms. The fourth-order valence-corrected chi connectivity index (χ4v) is 2.96. The molecule has 1 unspecified atom stereocenters. The minimum Gasteiger partial charge on any atom is -0.399 e. The summed E-state index contributed by atoms with van der Waals surface area (Å²) in [6.07, 6.45) is 2.71. The molecule has 1 atom stereocenters. The molecule has 1 fully saturated rings. The number of benzene rings is 1. The zero-order valence-corrected chi connectivity index (χ0v) is 11.7. The van der Waals surface area contributed by atoms with Crippen LogP contribution in [0.3, 0.4) is 0 Å². The standard InChI is InChI=1S/C13H19BrN2O/c1-2-17-11-4-3-7-16(9-11)13-6-5-10(15)8-12(13)14/h5-6,8,11H,2-4,7,9,15H2,1H3. The lowest BCUT2D eigenvalue weighted by atomic mass is 10.1. The van der Waals surface area contributed by atoms with E-state index in [2.05, 4.69) is 33.8 Å². The van der Waals surface area contributed by atoms with Gasteiger partial charge in [0, 0.05) is 29.9 Å². The average Bonchev–Trinajstić information content (AvgIpc) is 2.29. The Hall–Kier alpha value is -0.740. The maximum atomic E-state index is 5.76. The normalized spacial score (nSPS) is 20.6. The zero-order chi connectivity index (χ0) is 12.3. The highest BCUT2D eigenvalue weighted by atomic mass is 79.9. The number of nitrogens with two attached hydrogens (primary N) is 1. The highest BCUT2D eigenvalue weighted by Crippen LogP contribution is 2.30. The highest BCUT2D eigenvalue weighted by Gasteiger charge is 2.21. The van der Waals surface area contributed by atoms with Crippen LogP contribution in [0.15, 0.2) is 22.7 Å². The minimum absolute atomic E-state index is 0.359. The van der Waals surface area contributed by atoms with Crippen molar-refractivity contribution in [1.29, 1.82) is 0 Å². The molecular formula is C13H19BrN2O. The summed E-state index contributed by atoms with van der Waals surface area (Å²) in [4.78, 5) is 2.37. The third-order valence-corrected chi connectivity index (χ3v) is 3.73. The van der Waals surface area contributed by atoms with Gasteiger partial charge in [-0.3, -0.25) is 0 Å². The maximum Gasteiger partial charge on any atom is 0.0750 e. The third-order valence-electron chi connectivity index (χ3n) is 3.09. The first-order valence-electron chi connectivity index (χ1n) is 6.12. The summed E-state index contributed by atoms with van der Waals surface area (Å²) in [5.74, 6) is 0. The van der Waals surface area contributed by atoms with Gasteiger partial charge in [0.25, 0.3) is 0 Å². The van der Waals surface area contributed by atoms with Crippen molar-refractivity contribution in [2.75, 3.05) is 30.3 Å².